The average molecular weight is 523 g/mol. The summed E-state index contributed by atoms with van der Waals surface area (Å²) in [7, 11) is 3.10. The van der Waals surface area contributed by atoms with Crippen molar-refractivity contribution in [3.05, 3.63) is 47.5 Å². The van der Waals surface area contributed by atoms with Crippen LogP contribution in [0.3, 0.4) is 0 Å². The molecule has 0 aliphatic carbocycles. The van der Waals surface area contributed by atoms with Gasteiger partial charge in [-0.3, -0.25) is 19.2 Å². The van der Waals surface area contributed by atoms with Crippen LogP contribution in [-0.4, -0.2) is 73.8 Å². The number of hydrogen-bond acceptors (Lipinski definition) is 6. The van der Waals surface area contributed by atoms with Gasteiger partial charge in [-0.05, 0) is 61.1 Å². The highest BCUT2D eigenvalue weighted by Crippen LogP contribution is 2.41. The van der Waals surface area contributed by atoms with Crippen LogP contribution >= 0.6 is 0 Å². The van der Waals surface area contributed by atoms with E-state index >= 15 is 0 Å². The molecule has 0 saturated carbocycles. The number of methoxy groups -OCH3 is 2. The third-order valence-corrected chi connectivity index (χ3v) is 7.36. The lowest BCUT2D eigenvalue weighted by Crippen LogP contribution is -2.44. The third-order valence-electron chi connectivity index (χ3n) is 7.36. The third kappa shape index (κ3) is 5.74. The zero-order valence-electron chi connectivity index (χ0n) is 22.3. The number of piperidine rings is 1. The van der Waals surface area contributed by atoms with E-state index in [2.05, 4.69) is 10.6 Å². The van der Waals surface area contributed by atoms with Crippen molar-refractivity contribution in [2.75, 3.05) is 51.0 Å². The molecule has 0 aromatic heterocycles. The van der Waals surface area contributed by atoms with Crippen LogP contribution in [0.15, 0.2) is 36.4 Å². The molecule has 1 spiro atoms. The summed E-state index contributed by atoms with van der Waals surface area (Å²) in [6, 6.07) is 10.1. The topological polar surface area (TPSA) is 117 Å². The van der Waals surface area contributed by atoms with Gasteiger partial charge in [0.05, 0.1) is 31.2 Å². The summed E-state index contributed by atoms with van der Waals surface area (Å²) in [5.41, 5.74) is 1.70. The van der Waals surface area contributed by atoms with Crippen LogP contribution in [0.2, 0.25) is 0 Å². The molecular formula is C28H34N4O6. The largest absolute Gasteiger partial charge is 0.497 e. The highest BCUT2D eigenvalue weighted by molar-refractivity contribution is 6.02. The first-order chi connectivity index (χ1) is 18.1. The number of benzene rings is 2. The van der Waals surface area contributed by atoms with Crippen molar-refractivity contribution in [1.29, 1.82) is 0 Å². The van der Waals surface area contributed by atoms with E-state index in [4.69, 9.17) is 9.47 Å². The molecule has 0 unspecified atom stereocenters. The lowest BCUT2D eigenvalue weighted by atomic mass is 9.77. The molecule has 2 saturated heterocycles. The second-order valence-corrected chi connectivity index (χ2v) is 9.96. The lowest BCUT2D eigenvalue weighted by molar-refractivity contribution is -0.115. The van der Waals surface area contributed by atoms with Crippen LogP contribution < -0.4 is 20.1 Å². The first kappa shape index (κ1) is 27.0. The maximum absolute atomic E-state index is 13.4. The number of anilines is 2. The van der Waals surface area contributed by atoms with E-state index in [1.165, 1.54) is 13.8 Å². The van der Waals surface area contributed by atoms with Gasteiger partial charge in [-0.15, -0.1) is 0 Å². The summed E-state index contributed by atoms with van der Waals surface area (Å²) >= 11 is 0. The average Bonchev–Trinajstić information content (AvgIpc) is 3.31. The van der Waals surface area contributed by atoms with Gasteiger partial charge in [-0.1, -0.05) is 0 Å². The predicted octanol–water partition coefficient (Wildman–Crippen LogP) is 3.39. The normalized spacial score (nSPS) is 16.2. The highest BCUT2D eigenvalue weighted by atomic mass is 16.5. The van der Waals surface area contributed by atoms with Crippen LogP contribution in [-0.2, 0) is 9.59 Å². The van der Waals surface area contributed by atoms with Gasteiger partial charge < -0.3 is 29.9 Å². The molecule has 2 heterocycles. The SMILES string of the molecule is COc1ccc(OC)c(C(=O)N2CCC3(CCN(C(=O)c4ccc(NC(C)=O)c(NC(C)=O)c4)C3)CC2)c1. The summed E-state index contributed by atoms with van der Waals surface area (Å²) in [6.07, 6.45) is 2.46. The predicted molar refractivity (Wildman–Crippen MR) is 143 cm³/mol. The number of carbonyl (C=O) groups excluding carboxylic acids is 4. The second-order valence-electron chi connectivity index (χ2n) is 9.96. The van der Waals surface area contributed by atoms with Gasteiger partial charge in [0, 0.05) is 45.6 Å². The fraction of sp³-hybridized carbons (Fsp3) is 0.429. The number of hydrogen-bond donors (Lipinski definition) is 2. The molecule has 2 N–H and O–H groups in total. The standard InChI is InChI=1S/C28H34N4O6/c1-18(33)29-23-7-5-20(15-24(23)30-19(2)34)26(35)32-14-11-28(17-32)9-12-31(13-10-28)27(36)22-16-21(37-3)6-8-25(22)38-4/h5-8,15-16H,9-14,17H2,1-4H3,(H,29,33)(H,30,34). The van der Waals surface area contributed by atoms with Crippen molar-refractivity contribution in [3.8, 4) is 11.5 Å². The first-order valence-corrected chi connectivity index (χ1v) is 12.6. The number of nitrogens with zero attached hydrogens (tertiary/aromatic N) is 2. The minimum Gasteiger partial charge on any atom is -0.497 e. The van der Waals surface area contributed by atoms with Crippen molar-refractivity contribution in [2.45, 2.75) is 33.1 Å². The summed E-state index contributed by atoms with van der Waals surface area (Å²) in [4.78, 5) is 53.5. The number of rotatable bonds is 6. The molecule has 38 heavy (non-hydrogen) atoms. The molecule has 2 aliphatic rings. The number of likely N-dealkylation sites (tertiary alicyclic amines) is 2. The van der Waals surface area contributed by atoms with Crippen molar-refractivity contribution in [2.24, 2.45) is 5.41 Å². The quantitative estimate of drug-likeness (QED) is 0.601. The molecule has 4 amide bonds. The Morgan fingerprint density at radius 2 is 1.39 bits per heavy atom. The Bertz CT molecular complexity index is 1250. The van der Waals surface area contributed by atoms with E-state index in [1.807, 2.05) is 9.80 Å². The summed E-state index contributed by atoms with van der Waals surface area (Å²) < 4.78 is 10.7. The van der Waals surface area contributed by atoms with Gasteiger partial charge >= 0.3 is 0 Å². The van der Waals surface area contributed by atoms with E-state index in [0.29, 0.717) is 60.2 Å². The number of amides is 4. The van der Waals surface area contributed by atoms with Gasteiger partial charge in [-0.2, -0.15) is 0 Å². The smallest absolute Gasteiger partial charge is 0.257 e. The van der Waals surface area contributed by atoms with Gasteiger partial charge in [-0.25, -0.2) is 0 Å². The van der Waals surface area contributed by atoms with E-state index in [0.717, 1.165) is 19.3 Å². The Labute approximate surface area is 222 Å². The lowest BCUT2D eigenvalue weighted by Gasteiger charge is -2.39. The molecule has 10 nitrogen and oxygen atoms in total. The molecule has 2 fully saturated rings. The summed E-state index contributed by atoms with van der Waals surface area (Å²) in [5.74, 6) is 0.325. The molecule has 0 bridgehead atoms. The molecule has 2 aromatic rings. The zero-order valence-corrected chi connectivity index (χ0v) is 22.3. The van der Waals surface area contributed by atoms with Crippen LogP contribution in [0, 0.1) is 5.41 Å². The van der Waals surface area contributed by atoms with Crippen molar-refractivity contribution >= 4 is 35.0 Å². The van der Waals surface area contributed by atoms with Crippen molar-refractivity contribution in [3.63, 3.8) is 0 Å². The van der Waals surface area contributed by atoms with Crippen molar-refractivity contribution in [1.82, 2.24) is 9.80 Å². The molecule has 4 rings (SSSR count). The van der Waals surface area contributed by atoms with Crippen LogP contribution in [0.1, 0.15) is 53.8 Å². The van der Waals surface area contributed by atoms with Crippen LogP contribution in [0.5, 0.6) is 11.5 Å². The first-order valence-electron chi connectivity index (χ1n) is 12.6. The van der Waals surface area contributed by atoms with Crippen molar-refractivity contribution < 1.29 is 28.7 Å². The van der Waals surface area contributed by atoms with E-state index in [1.54, 1.807) is 50.6 Å². The molecule has 2 aromatic carbocycles. The summed E-state index contributed by atoms with van der Waals surface area (Å²) in [6.45, 7) is 5.18. The van der Waals surface area contributed by atoms with Gasteiger partial charge in [0.15, 0.2) is 0 Å². The maximum atomic E-state index is 13.4. The zero-order chi connectivity index (χ0) is 27.4. The number of ether oxygens (including phenoxy) is 2. The van der Waals surface area contributed by atoms with E-state index in [9.17, 15) is 19.2 Å². The van der Waals surface area contributed by atoms with Gasteiger partial charge in [0.1, 0.15) is 11.5 Å². The Kier molecular flexibility index (Phi) is 7.89. The maximum Gasteiger partial charge on any atom is 0.257 e. The fourth-order valence-electron chi connectivity index (χ4n) is 5.30. The van der Waals surface area contributed by atoms with Crippen LogP contribution in [0.25, 0.3) is 0 Å². The fourth-order valence-corrected chi connectivity index (χ4v) is 5.30. The van der Waals surface area contributed by atoms with E-state index in [-0.39, 0.29) is 29.0 Å². The Hall–Kier alpha value is -4.08. The Morgan fingerprint density at radius 1 is 0.763 bits per heavy atom. The molecule has 202 valence electrons. The molecular weight excluding hydrogens is 488 g/mol. The van der Waals surface area contributed by atoms with Gasteiger partial charge in [0.2, 0.25) is 11.8 Å². The second kappa shape index (κ2) is 11.1. The Morgan fingerprint density at radius 3 is 2.00 bits per heavy atom. The Balaban J connectivity index is 1.42. The minimum absolute atomic E-state index is 0.0402. The summed E-state index contributed by atoms with van der Waals surface area (Å²) in [5, 5.41) is 5.36. The monoisotopic (exact) mass is 522 g/mol. The minimum atomic E-state index is -0.297. The van der Waals surface area contributed by atoms with E-state index < -0.39 is 0 Å². The van der Waals surface area contributed by atoms with Crippen LogP contribution in [0.4, 0.5) is 11.4 Å². The number of carbonyl (C=O) groups is 4. The number of nitrogens with one attached hydrogen (secondary N) is 2. The molecule has 2 aliphatic heterocycles. The highest BCUT2D eigenvalue weighted by Gasteiger charge is 2.43. The molecule has 0 radical (unpaired) electrons. The molecule has 10 heteroatoms. The molecule has 0 atom stereocenters. The van der Waals surface area contributed by atoms with Gasteiger partial charge in [0.25, 0.3) is 11.8 Å².